The van der Waals surface area contributed by atoms with Crippen LogP contribution >= 0.6 is 0 Å². The van der Waals surface area contributed by atoms with Crippen LogP contribution in [0.3, 0.4) is 0 Å². The zero-order valence-corrected chi connectivity index (χ0v) is 18.7. The van der Waals surface area contributed by atoms with Gasteiger partial charge in [-0.3, -0.25) is 9.59 Å². The van der Waals surface area contributed by atoms with Crippen LogP contribution in [0.25, 0.3) is 0 Å². The number of aryl methyl sites for hydroxylation is 1. The van der Waals surface area contributed by atoms with E-state index in [9.17, 15) is 9.59 Å². The lowest BCUT2D eigenvalue weighted by atomic mass is 9.99. The number of nitrogens with zero attached hydrogens (tertiary/aromatic N) is 4. The Kier molecular flexibility index (Phi) is 6.25. The fraction of sp³-hybridized carbons (Fsp3) is 0.320. The molecule has 0 aliphatic carbocycles. The van der Waals surface area contributed by atoms with Gasteiger partial charge in [0, 0.05) is 51.1 Å². The zero-order chi connectivity index (χ0) is 22.7. The number of rotatable bonds is 5. The average Bonchev–Trinajstić information content (AvgIpc) is 3.23. The molecule has 2 amide bonds. The Hall–Kier alpha value is -3.61. The lowest BCUT2D eigenvalue weighted by Gasteiger charge is -2.41. The van der Waals surface area contributed by atoms with Gasteiger partial charge in [-0.25, -0.2) is 4.98 Å². The number of amides is 2. The highest BCUT2D eigenvalue weighted by Gasteiger charge is 2.33. The molecule has 0 N–H and O–H groups in total. The largest absolute Gasteiger partial charge is 0.497 e. The van der Waals surface area contributed by atoms with Crippen molar-refractivity contribution in [1.82, 2.24) is 19.4 Å². The van der Waals surface area contributed by atoms with E-state index < -0.39 is 0 Å². The summed E-state index contributed by atoms with van der Waals surface area (Å²) in [6, 6.07) is 15.2. The van der Waals surface area contributed by atoms with Gasteiger partial charge in [-0.05, 0) is 36.2 Å². The van der Waals surface area contributed by atoms with E-state index in [0.29, 0.717) is 31.7 Å². The second-order valence-corrected chi connectivity index (χ2v) is 8.01. The number of aromatic nitrogens is 2. The molecule has 3 aromatic rings. The third-order valence-electron chi connectivity index (χ3n) is 6.10. The Morgan fingerprint density at radius 3 is 2.50 bits per heavy atom. The van der Waals surface area contributed by atoms with E-state index in [-0.39, 0.29) is 17.9 Å². The van der Waals surface area contributed by atoms with Crippen LogP contribution < -0.4 is 4.74 Å². The number of carbonyl (C=O) groups is 2. The first-order chi connectivity index (χ1) is 15.5. The van der Waals surface area contributed by atoms with Gasteiger partial charge < -0.3 is 19.1 Å². The summed E-state index contributed by atoms with van der Waals surface area (Å²) in [4.78, 5) is 33.9. The Balaban J connectivity index is 1.66. The maximum Gasteiger partial charge on any atom is 0.254 e. The van der Waals surface area contributed by atoms with Gasteiger partial charge in [0.05, 0.1) is 13.2 Å². The van der Waals surface area contributed by atoms with E-state index in [1.54, 1.807) is 25.1 Å². The molecule has 166 valence electrons. The van der Waals surface area contributed by atoms with Gasteiger partial charge >= 0.3 is 0 Å². The predicted octanol–water partition coefficient (Wildman–Crippen LogP) is 3.29. The molecule has 7 heteroatoms. The van der Waals surface area contributed by atoms with Crippen molar-refractivity contribution in [2.75, 3.05) is 26.7 Å². The van der Waals surface area contributed by atoms with E-state index in [1.807, 2.05) is 71.1 Å². The molecular weight excluding hydrogens is 404 g/mol. The number of imidazole rings is 1. The van der Waals surface area contributed by atoms with Crippen molar-refractivity contribution in [3.8, 4) is 5.75 Å². The van der Waals surface area contributed by atoms with E-state index in [2.05, 4.69) is 4.98 Å². The van der Waals surface area contributed by atoms with Gasteiger partial charge in [0.1, 0.15) is 11.6 Å². The third kappa shape index (κ3) is 4.37. The molecule has 32 heavy (non-hydrogen) atoms. The fourth-order valence-corrected chi connectivity index (χ4v) is 4.20. The summed E-state index contributed by atoms with van der Waals surface area (Å²) < 4.78 is 7.31. The monoisotopic (exact) mass is 432 g/mol. The van der Waals surface area contributed by atoms with E-state index >= 15 is 0 Å². The van der Waals surface area contributed by atoms with Crippen LogP contribution in [0.2, 0.25) is 0 Å². The van der Waals surface area contributed by atoms with E-state index in [1.165, 1.54) is 0 Å². The summed E-state index contributed by atoms with van der Waals surface area (Å²) in [7, 11) is 1.63. The third-order valence-corrected chi connectivity index (χ3v) is 6.10. The summed E-state index contributed by atoms with van der Waals surface area (Å²) >= 11 is 0. The molecule has 7 nitrogen and oxygen atoms in total. The lowest BCUT2D eigenvalue weighted by Crippen LogP contribution is -2.52. The van der Waals surface area contributed by atoms with Gasteiger partial charge in [0.2, 0.25) is 5.91 Å². The first-order valence-corrected chi connectivity index (χ1v) is 10.7. The molecule has 0 radical (unpaired) electrons. The molecule has 1 fully saturated rings. The number of piperazine rings is 1. The van der Waals surface area contributed by atoms with Crippen LogP contribution in [0.1, 0.15) is 40.3 Å². The summed E-state index contributed by atoms with van der Waals surface area (Å²) in [6.07, 6.45) is 3.68. The smallest absolute Gasteiger partial charge is 0.254 e. The lowest BCUT2D eigenvalue weighted by molar-refractivity contribution is -0.131. The molecule has 4 rings (SSSR count). The zero-order valence-electron chi connectivity index (χ0n) is 18.7. The standard InChI is InChI=1S/C25H28N4O3/c1-18-26-12-13-27(18)16-21-6-4-5-7-23(21)25(31)29-15-14-28(19(2)30)17-24(29)20-8-10-22(32-3)11-9-20/h4-13,24H,14-17H2,1-3H3/t24-/m0/s1. The van der Waals surface area contributed by atoms with Crippen LogP contribution in [0.5, 0.6) is 5.75 Å². The number of hydrogen-bond donors (Lipinski definition) is 0. The number of methoxy groups -OCH3 is 1. The fourth-order valence-electron chi connectivity index (χ4n) is 4.20. The van der Waals surface area contributed by atoms with Crippen LogP contribution in [-0.2, 0) is 11.3 Å². The second-order valence-electron chi connectivity index (χ2n) is 8.01. The Labute approximate surface area is 188 Å². The van der Waals surface area contributed by atoms with Crippen molar-refractivity contribution in [2.24, 2.45) is 0 Å². The van der Waals surface area contributed by atoms with E-state index in [0.717, 1.165) is 22.7 Å². The summed E-state index contributed by atoms with van der Waals surface area (Å²) in [5, 5.41) is 0. The number of ether oxygens (including phenoxy) is 1. The normalized spacial score (nSPS) is 16.2. The Bertz CT molecular complexity index is 1110. The minimum Gasteiger partial charge on any atom is -0.497 e. The van der Waals surface area contributed by atoms with Gasteiger partial charge in [-0.15, -0.1) is 0 Å². The Morgan fingerprint density at radius 2 is 1.84 bits per heavy atom. The molecular formula is C25H28N4O3. The van der Waals surface area contributed by atoms with Crippen LogP contribution in [-0.4, -0.2) is 57.9 Å². The average molecular weight is 433 g/mol. The molecule has 0 saturated carbocycles. The summed E-state index contributed by atoms with van der Waals surface area (Å²) in [5.41, 5.74) is 2.60. The van der Waals surface area contributed by atoms with Crippen LogP contribution in [0.15, 0.2) is 60.9 Å². The molecule has 1 saturated heterocycles. The minimum absolute atomic E-state index is 0.0200. The Morgan fingerprint density at radius 1 is 1.09 bits per heavy atom. The van der Waals surface area contributed by atoms with Crippen molar-refractivity contribution in [2.45, 2.75) is 26.4 Å². The molecule has 0 spiro atoms. The van der Waals surface area contributed by atoms with Crippen LogP contribution in [0, 0.1) is 6.92 Å². The summed E-state index contributed by atoms with van der Waals surface area (Å²) in [6.45, 7) is 5.57. The molecule has 1 aliphatic rings. The maximum atomic E-state index is 13.8. The quantitative estimate of drug-likeness (QED) is 0.621. The maximum absolute atomic E-state index is 13.8. The highest BCUT2D eigenvalue weighted by atomic mass is 16.5. The van der Waals surface area contributed by atoms with Crippen molar-refractivity contribution >= 4 is 11.8 Å². The van der Waals surface area contributed by atoms with Gasteiger partial charge in [0.25, 0.3) is 5.91 Å². The first-order valence-electron chi connectivity index (χ1n) is 10.7. The summed E-state index contributed by atoms with van der Waals surface area (Å²) in [5.74, 6) is 1.65. The minimum atomic E-state index is -0.228. The van der Waals surface area contributed by atoms with Gasteiger partial charge in [-0.2, -0.15) is 0 Å². The number of benzene rings is 2. The highest BCUT2D eigenvalue weighted by Crippen LogP contribution is 2.29. The molecule has 0 bridgehead atoms. The van der Waals surface area contributed by atoms with Crippen molar-refractivity contribution in [1.29, 1.82) is 0 Å². The molecule has 1 aromatic heterocycles. The first kappa shape index (κ1) is 21.6. The molecule has 1 aliphatic heterocycles. The highest BCUT2D eigenvalue weighted by molar-refractivity contribution is 5.96. The molecule has 0 unspecified atom stereocenters. The number of carbonyl (C=O) groups excluding carboxylic acids is 2. The van der Waals surface area contributed by atoms with Crippen molar-refractivity contribution < 1.29 is 14.3 Å². The topological polar surface area (TPSA) is 67.7 Å². The van der Waals surface area contributed by atoms with Crippen molar-refractivity contribution in [3.05, 3.63) is 83.4 Å². The predicted molar refractivity (Wildman–Crippen MR) is 122 cm³/mol. The SMILES string of the molecule is COc1ccc([C@@H]2CN(C(C)=O)CCN2C(=O)c2ccccc2Cn2ccnc2C)cc1. The van der Waals surface area contributed by atoms with E-state index in [4.69, 9.17) is 4.74 Å². The molecule has 2 aromatic carbocycles. The van der Waals surface area contributed by atoms with Gasteiger partial charge in [-0.1, -0.05) is 30.3 Å². The number of hydrogen-bond acceptors (Lipinski definition) is 4. The molecule has 2 heterocycles. The van der Waals surface area contributed by atoms with Gasteiger partial charge in [0.15, 0.2) is 0 Å². The molecule has 1 atom stereocenters. The van der Waals surface area contributed by atoms with Crippen molar-refractivity contribution in [3.63, 3.8) is 0 Å². The second kappa shape index (κ2) is 9.26. The van der Waals surface area contributed by atoms with Crippen LogP contribution in [0.4, 0.5) is 0 Å².